The Bertz CT molecular complexity index is 877. The largest absolute Gasteiger partial charge is 1.00 e. The van der Waals surface area contributed by atoms with Gasteiger partial charge in [-0.25, -0.2) is 4.98 Å². The maximum Gasteiger partial charge on any atom is 0.184 e. The minimum atomic E-state index is 0. The number of Topliss-reactive ketones (excluding diaryl/α,β-unsaturated/α-hetero) is 1. The number of hydrogen-bond donors (Lipinski definition) is 1. The van der Waals surface area contributed by atoms with Crippen molar-refractivity contribution in [3.05, 3.63) is 53.1 Å². The highest BCUT2D eigenvalue weighted by atomic mass is 79.9. The molecule has 0 spiro atoms. The highest BCUT2D eigenvalue weighted by molar-refractivity contribution is 7.22. The summed E-state index contributed by atoms with van der Waals surface area (Å²) >= 11 is 1.57. The predicted molar refractivity (Wildman–Crippen MR) is 94.9 cm³/mol. The molecule has 6 heteroatoms. The van der Waals surface area contributed by atoms with Crippen LogP contribution in [0.15, 0.2) is 36.4 Å². The Morgan fingerprint density at radius 2 is 2.04 bits per heavy atom. The van der Waals surface area contributed by atoms with Crippen molar-refractivity contribution in [1.29, 1.82) is 0 Å². The topological polar surface area (TPSA) is 51.2 Å². The smallest absolute Gasteiger partial charge is 0.184 e. The third kappa shape index (κ3) is 3.76. The number of thiazole rings is 1. The van der Waals surface area contributed by atoms with E-state index < -0.39 is 0 Å². The number of anilines is 1. The average molecular weight is 406 g/mol. The molecule has 0 atom stereocenters. The molecule has 0 fully saturated rings. The zero-order valence-corrected chi connectivity index (χ0v) is 16.1. The summed E-state index contributed by atoms with van der Waals surface area (Å²) < 4.78 is 6.28. The number of nitrogens with zero attached hydrogens (tertiary/aromatic N) is 1. The second kappa shape index (κ2) is 7.77. The molecular weight excluding hydrogens is 388 g/mol. The monoisotopic (exact) mass is 405 g/mol. The fourth-order valence-electron chi connectivity index (χ4n) is 2.36. The van der Waals surface area contributed by atoms with E-state index in [4.69, 9.17) is 4.74 Å². The lowest BCUT2D eigenvalue weighted by Gasteiger charge is -2.04. The number of halogens is 1. The van der Waals surface area contributed by atoms with Gasteiger partial charge in [-0.15, -0.1) is 0 Å². The van der Waals surface area contributed by atoms with Crippen LogP contribution in [0.25, 0.3) is 10.2 Å². The summed E-state index contributed by atoms with van der Waals surface area (Å²) in [5.41, 5.74) is 4.05. The van der Waals surface area contributed by atoms with Gasteiger partial charge in [0, 0.05) is 5.56 Å². The van der Waals surface area contributed by atoms with Gasteiger partial charge in [-0.2, -0.15) is 0 Å². The molecule has 4 nitrogen and oxygen atoms in total. The van der Waals surface area contributed by atoms with Crippen LogP contribution in [0.5, 0.6) is 5.75 Å². The lowest BCUT2D eigenvalue weighted by molar-refractivity contribution is -0.0000126. The van der Waals surface area contributed by atoms with E-state index in [0.717, 1.165) is 15.3 Å². The van der Waals surface area contributed by atoms with Crippen molar-refractivity contribution >= 4 is 32.5 Å². The number of methoxy groups -OCH3 is 1. The molecule has 1 N–H and O–H groups in total. The number of rotatable bonds is 5. The summed E-state index contributed by atoms with van der Waals surface area (Å²) in [6.07, 6.45) is 0. The van der Waals surface area contributed by atoms with Crippen molar-refractivity contribution in [1.82, 2.24) is 4.98 Å². The first-order valence-corrected chi connectivity index (χ1v) is 8.18. The SMILES string of the molecule is COc1cccc(C(=O)CNc2nc3c(C)c(C)ccc3s2)c1.[Br-]. The summed E-state index contributed by atoms with van der Waals surface area (Å²) in [6.45, 7) is 4.36. The number of carbonyl (C=O) groups excluding carboxylic acids is 1. The molecule has 0 radical (unpaired) electrons. The van der Waals surface area contributed by atoms with Crippen LogP contribution in [0.2, 0.25) is 0 Å². The second-order valence-corrected chi connectivity index (χ2v) is 6.41. The van der Waals surface area contributed by atoms with Gasteiger partial charge in [-0.1, -0.05) is 29.5 Å². The molecule has 0 aliphatic rings. The molecule has 0 aliphatic heterocycles. The Hall–Kier alpha value is -1.92. The summed E-state index contributed by atoms with van der Waals surface area (Å²) in [5, 5.41) is 3.90. The predicted octanol–water partition coefficient (Wildman–Crippen LogP) is 1.22. The number of aromatic nitrogens is 1. The molecule has 0 amide bonds. The third-order valence-corrected chi connectivity index (χ3v) is 4.85. The van der Waals surface area contributed by atoms with Crippen molar-refractivity contribution in [2.24, 2.45) is 0 Å². The Kier molecular flexibility index (Phi) is 5.96. The Balaban J connectivity index is 0.00000208. The van der Waals surface area contributed by atoms with Gasteiger partial charge in [0.05, 0.1) is 23.9 Å². The number of ketones is 1. The highest BCUT2D eigenvalue weighted by Gasteiger charge is 2.10. The van der Waals surface area contributed by atoms with Crippen LogP contribution in [0.3, 0.4) is 0 Å². The van der Waals surface area contributed by atoms with Crippen LogP contribution in [-0.4, -0.2) is 24.4 Å². The minimum absolute atomic E-state index is 0. The van der Waals surface area contributed by atoms with Crippen molar-refractivity contribution in [3.8, 4) is 5.75 Å². The van der Waals surface area contributed by atoms with Gasteiger partial charge in [-0.05, 0) is 43.2 Å². The zero-order valence-electron chi connectivity index (χ0n) is 13.7. The van der Waals surface area contributed by atoms with Crippen molar-refractivity contribution in [2.75, 3.05) is 19.0 Å². The lowest BCUT2D eigenvalue weighted by Crippen LogP contribution is -3.00. The normalized spacial score (nSPS) is 10.3. The Morgan fingerprint density at radius 3 is 2.79 bits per heavy atom. The van der Waals surface area contributed by atoms with Crippen molar-refractivity contribution < 1.29 is 26.5 Å². The summed E-state index contributed by atoms with van der Waals surface area (Å²) in [7, 11) is 1.59. The van der Waals surface area contributed by atoms with Crippen LogP contribution in [0.1, 0.15) is 21.5 Å². The molecule has 0 aliphatic carbocycles. The first-order chi connectivity index (χ1) is 11.1. The van der Waals surface area contributed by atoms with Crippen molar-refractivity contribution in [3.63, 3.8) is 0 Å². The molecule has 0 unspecified atom stereocenters. The summed E-state index contributed by atoms with van der Waals surface area (Å²) in [4.78, 5) is 16.9. The molecule has 0 saturated heterocycles. The standard InChI is InChI=1S/C18H18N2O2S.BrH/c1-11-7-8-16-17(12(11)2)20-18(23-16)19-10-15(21)13-5-4-6-14(9-13)22-3;/h4-9H,10H2,1-3H3,(H,19,20);1H/p-1. The van der Waals surface area contributed by atoms with Crippen LogP contribution in [0, 0.1) is 13.8 Å². The number of aryl methyl sites for hydroxylation is 2. The number of carbonyl (C=O) groups is 1. The highest BCUT2D eigenvalue weighted by Crippen LogP contribution is 2.29. The first kappa shape index (κ1) is 18.4. The fourth-order valence-corrected chi connectivity index (χ4v) is 3.28. The summed E-state index contributed by atoms with van der Waals surface area (Å²) in [6, 6.07) is 11.3. The van der Waals surface area contributed by atoms with Gasteiger partial charge in [0.2, 0.25) is 0 Å². The van der Waals surface area contributed by atoms with E-state index in [-0.39, 0.29) is 29.3 Å². The average Bonchev–Trinajstić information content (AvgIpc) is 3.00. The fraction of sp³-hybridized carbons (Fsp3) is 0.222. The summed E-state index contributed by atoms with van der Waals surface area (Å²) in [5.74, 6) is 0.693. The molecule has 3 rings (SSSR count). The molecule has 126 valence electrons. The van der Waals surface area contributed by atoms with E-state index in [1.54, 1.807) is 30.6 Å². The maximum atomic E-state index is 12.3. The minimum Gasteiger partial charge on any atom is -1.00 e. The van der Waals surface area contributed by atoms with Crippen molar-refractivity contribution in [2.45, 2.75) is 13.8 Å². The maximum absolute atomic E-state index is 12.3. The molecule has 1 heterocycles. The molecule has 24 heavy (non-hydrogen) atoms. The van der Waals surface area contributed by atoms with E-state index in [9.17, 15) is 4.79 Å². The lowest BCUT2D eigenvalue weighted by atomic mass is 10.1. The Labute approximate surface area is 155 Å². The quantitative estimate of drug-likeness (QED) is 0.648. The third-order valence-electron chi connectivity index (χ3n) is 3.88. The van der Waals surface area contributed by atoms with E-state index in [0.29, 0.717) is 11.3 Å². The molecule has 1 aromatic heterocycles. The van der Waals surface area contributed by atoms with Gasteiger partial charge in [0.1, 0.15) is 5.75 Å². The van der Waals surface area contributed by atoms with Crippen LogP contribution >= 0.6 is 11.3 Å². The number of nitrogens with one attached hydrogen (secondary N) is 1. The van der Waals surface area contributed by atoms with E-state index in [1.165, 1.54) is 11.1 Å². The van der Waals surface area contributed by atoms with E-state index in [1.807, 2.05) is 12.1 Å². The molecule has 0 bridgehead atoms. The number of ether oxygens (including phenoxy) is 1. The van der Waals surface area contributed by atoms with E-state index in [2.05, 4.69) is 36.3 Å². The van der Waals surface area contributed by atoms with E-state index >= 15 is 0 Å². The first-order valence-electron chi connectivity index (χ1n) is 7.36. The molecular formula is C18H18BrN2O2S-. The number of benzene rings is 2. The van der Waals surface area contributed by atoms with Crippen LogP contribution in [-0.2, 0) is 0 Å². The zero-order chi connectivity index (χ0) is 16.4. The molecule has 3 aromatic rings. The number of fused-ring (bicyclic) bond motifs is 1. The molecule has 2 aromatic carbocycles. The number of hydrogen-bond acceptors (Lipinski definition) is 5. The van der Waals surface area contributed by atoms with Crippen LogP contribution in [0.4, 0.5) is 5.13 Å². The van der Waals surface area contributed by atoms with Gasteiger partial charge in [-0.3, -0.25) is 4.79 Å². The van der Waals surface area contributed by atoms with Crippen LogP contribution < -0.4 is 27.0 Å². The van der Waals surface area contributed by atoms with Gasteiger partial charge in [0.15, 0.2) is 10.9 Å². The van der Waals surface area contributed by atoms with Gasteiger partial charge >= 0.3 is 0 Å². The van der Waals surface area contributed by atoms with Gasteiger partial charge in [0.25, 0.3) is 0 Å². The van der Waals surface area contributed by atoms with Gasteiger partial charge < -0.3 is 27.0 Å². The Morgan fingerprint density at radius 1 is 1.25 bits per heavy atom. The molecule has 0 saturated carbocycles. The second-order valence-electron chi connectivity index (χ2n) is 5.38.